The van der Waals surface area contributed by atoms with Gasteiger partial charge in [-0.1, -0.05) is 12.1 Å². The van der Waals surface area contributed by atoms with E-state index in [1.165, 1.54) is 0 Å². The number of hydrogen-bond donors (Lipinski definition) is 1. The van der Waals surface area contributed by atoms with E-state index in [2.05, 4.69) is 16.8 Å². The van der Waals surface area contributed by atoms with Crippen molar-refractivity contribution in [2.24, 2.45) is 0 Å². The van der Waals surface area contributed by atoms with Crippen LogP contribution in [0.5, 0.6) is 11.5 Å². The van der Waals surface area contributed by atoms with Crippen LogP contribution in [0.3, 0.4) is 0 Å². The van der Waals surface area contributed by atoms with Gasteiger partial charge in [-0.15, -0.1) is 6.58 Å². The molecular formula is C17H26N2O2. The second-order valence-electron chi connectivity index (χ2n) is 5.24. The minimum Gasteiger partial charge on any atom is -0.496 e. The fourth-order valence-electron chi connectivity index (χ4n) is 2.99. The first-order valence-electron chi connectivity index (χ1n) is 7.58. The molecule has 0 amide bonds. The largest absolute Gasteiger partial charge is 0.496 e. The summed E-state index contributed by atoms with van der Waals surface area (Å²) in [6.07, 6.45) is 3.99. The Kier molecular flexibility index (Phi) is 6.08. The van der Waals surface area contributed by atoms with Gasteiger partial charge in [0.15, 0.2) is 0 Å². The van der Waals surface area contributed by atoms with E-state index in [9.17, 15) is 0 Å². The molecular weight excluding hydrogens is 264 g/mol. The smallest absolute Gasteiger partial charge is 0.127 e. The van der Waals surface area contributed by atoms with Crippen LogP contribution in [0.25, 0.3) is 0 Å². The fourth-order valence-corrected chi connectivity index (χ4v) is 2.99. The third-order valence-corrected chi connectivity index (χ3v) is 4.04. The van der Waals surface area contributed by atoms with Crippen LogP contribution in [0.15, 0.2) is 30.9 Å². The number of nitrogens with zero attached hydrogens (tertiary/aromatic N) is 1. The maximum absolute atomic E-state index is 5.59. The topological polar surface area (TPSA) is 33.7 Å². The zero-order chi connectivity index (χ0) is 15.1. The first-order valence-corrected chi connectivity index (χ1v) is 7.58. The Hall–Kier alpha value is -1.52. The predicted octanol–water partition coefficient (Wildman–Crippen LogP) is 2.62. The van der Waals surface area contributed by atoms with Crippen molar-refractivity contribution in [3.63, 3.8) is 0 Å². The van der Waals surface area contributed by atoms with Crippen LogP contribution >= 0.6 is 0 Å². The van der Waals surface area contributed by atoms with Crippen molar-refractivity contribution in [1.29, 1.82) is 0 Å². The molecule has 4 nitrogen and oxygen atoms in total. The van der Waals surface area contributed by atoms with Gasteiger partial charge < -0.3 is 14.8 Å². The molecule has 0 radical (unpaired) electrons. The Morgan fingerprint density at radius 2 is 1.86 bits per heavy atom. The maximum atomic E-state index is 5.59. The van der Waals surface area contributed by atoms with Crippen LogP contribution in [0.4, 0.5) is 0 Å². The minimum atomic E-state index is 0.302. The standard InChI is InChI=1S/C17H26N2O2/c1-4-5-7-14(19-12-10-18-11-13-19)17-15(20-2)8-6-9-16(17)21-3/h4,6,8-9,14,18H,1,5,7,10-13H2,2-3H3/t14-/m1/s1. The van der Waals surface area contributed by atoms with E-state index in [0.29, 0.717) is 6.04 Å². The molecule has 0 aliphatic carbocycles. The number of ether oxygens (including phenoxy) is 2. The Balaban J connectivity index is 2.36. The van der Waals surface area contributed by atoms with Gasteiger partial charge in [0.1, 0.15) is 11.5 Å². The summed E-state index contributed by atoms with van der Waals surface area (Å²) in [5.41, 5.74) is 1.16. The third-order valence-electron chi connectivity index (χ3n) is 4.04. The van der Waals surface area contributed by atoms with Crippen molar-refractivity contribution >= 4 is 0 Å². The van der Waals surface area contributed by atoms with Gasteiger partial charge >= 0.3 is 0 Å². The van der Waals surface area contributed by atoms with Crippen LogP contribution in [0, 0.1) is 0 Å². The van der Waals surface area contributed by atoms with Crippen molar-refractivity contribution in [3.8, 4) is 11.5 Å². The zero-order valence-electron chi connectivity index (χ0n) is 13.1. The molecule has 1 atom stereocenters. The summed E-state index contributed by atoms with van der Waals surface area (Å²) < 4.78 is 11.2. The highest BCUT2D eigenvalue weighted by Gasteiger charge is 2.27. The number of piperazine rings is 1. The highest BCUT2D eigenvalue weighted by atomic mass is 16.5. The van der Waals surface area contributed by atoms with Crippen LogP contribution < -0.4 is 14.8 Å². The van der Waals surface area contributed by atoms with Gasteiger partial charge in [-0.3, -0.25) is 4.90 Å². The van der Waals surface area contributed by atoms with Crippen molar-refractivity contribution < 1.29 is 9.47 Å². The lowest BCUT2D eigenvalue weighted by Gasteiger charge is -2.36. The first kappa shape index (κ1) is 15.9. The molecule has 0 bridgehead atoms. The van der Waals surface area contributed by atoms with E-state index in [4.69, 9.17) is 9.47 Å². The average Bonchev–Trinajstić information content (AvgIpc) is 2.56. The van der Waals surface area contributed by atoms with Crippen molar-refractivity contribution in [3.05, 3.63) is 36.4 Å². The summed E-state index contributed by atoms with van der Waals surface area (Å²) in [5.74, 6) is 1.81. The molecule has 0 unspecified atom stereocenters. The number of hydrogen-bond acceptors (Lipinski definition) is 4. The fraction of sp³-hybridized carbons (Fsp3) is 0.529. The molecule has 21 heavy (non-hydrogen) atoms. The molecule has 1 fully saturated rings. The number of methoxy groups -OCH3 is 2. The van der Waals surface area contributed by atoms with E-state index < -0.39 is 0 Å². The van der Waals surface area contributed by atoms with Crippen LogP contribution in [-0.2, 0) is 0 Å². The SMILES string of the molecule is C=CCC[C@H](c1c(OC)cccc1OC)N1CCNCC1. The Labute approximate surface area is 127 Å². The second-order valence-corrected chi connectivity index (χ2v) is 5.24. The van der Waals surface area contributed by atoms with Gasteiger partial charge in [-0.25, -0.2) is 0 Å². The molecule has 2 rings (SSSR count). The third kappa shape index (κ3) is 3.77. The maximum Gasteiger partial charge on any atom is 0.127 e. The molecule has 1 aliphatic heterocycles. The molecule has 0 saturated carbocycles. The molecule has 1 aromatic carbocycles. The zero-order valence-corrected chi connectivity index (χ0v) is 13.1. The molecule has 116 valence electrons. The van der Waals surface area contributed by atoms with E-state index in [-0.39, 0.29) is 0 Å². The first-order chi connectivity index (χ1) is 10.3. The van der Waals surface area contributed by atoms with E-state index >= 15 is 0 Å². The summed E-state index contributed by atoms with van der Waals surface area (Å²) in [6, 6.07) is 6.31. The summed E-state index contributed by atoms with van der Waals surface area (Å²) in [5, 5.41) is 3.41. The predicted molar refractivity (Wildman–Crippen MR) is 86.2 cm³/mol. The molecule has 4 heteroatoms. The quantitative estimate of drug-likeness (QED) is 0.783. The van der Waals surface area contributed by atoms with Gasteiger partial charge in [0, 0.05) is 32.2 Å². The highest BCUT2D eigenvalue weighted by molar-refractivity contribution is 5.47. The molecule has 1 N–H and O–H groups in total. The lowest BCUT2D eigenvalue weighted by atomic mass is 9.97. The molecule has 1 aliphatic rings. The van der Waals surface area contributed by atoms with Gasteiger partial charge in [0.25, 0.3) is 0 Å². The second kappa shape index (κ2) is 8.05. The molecule has 0 aromatic heterocycles. The van der Waals surface area contributed by atoms with E-state index in [1.54, 1.807) is 14.2 Å². The monoisotopic (exact) mass is 290 g/mol. The van der Waals surface area contributed by atoms with Gasteiger partial charge in [0.2, 0.25) is 0 Å². The molecule has 1 saturated heterocycles. The highest BCUT2D eigenvalue weighted by Crippen LogP contribution is 2.39. The summed E-state index contributed by atoms with van der Waals surface area (Å²) in [6.45, 7) is 8.01. The lowest BCUT2D eigenvalue weighted by molar-refractivity contribution is 0.160. The van der Waals surface area contributed by atoms with Gasteiger partial charge in [0.05, 0.1) is 19.8 Å². The van der Waals surface area contributed by atoms with Crippen molar-refractivity contribution in [2.45, 2.75) is 18.9 Å². The number of nitrogens with one attached hydrogen (secondary N) is 1. The van der Waals surface area contributed by atoms with Crippen LogP contribution in [0.1, 0.15) is 24.4 Å². The number of allylic oxidation sites excluding steroid dienone is 1. The van der Waals surface area contributed by atoms with E-state index in [0.717, 1.165) is 56.1 Å². The Bertz CT molecular complexity index is 434. The van der Waals surface area contributed by atoms with Crippen LogP contribution in [-0.4, -0.2) is 45.3 Å². The van der Waals surface area contributed by atoms with Crippen molar-refractivity contribution in [1.82, 2.24) is 10.2 Å². The number of rotatable bonds is 7. The van der Waals surface area contributed by atoms with Crippen molar-refractivity contribution in [2.75, 3.05) is 40.4 Å². The summed E-state index contributed by atoms with van der Waals surface area (Å²) in [7, 11) is 3.45. The average molecular weight is 290 g/mol. The lowest BCUT2D eigenvalue weighted by Crippen LogP contribution is -2.45. The Morgan fingerprint density at radius 3 is 2.38 bits per heavy atom. The van der Waals surface area contributed by atoms with Gasteiger partial charge in [-0.05, 0) is 25.0 Å². The summed E-state index contributed by atoms with van der Waals surface area (Å²) in [4.78, 5) is 2.51. The molecule has 0 spiro atoms. The Morgan fingerprint density at radius 1 is 1.24 bits per heavy atom. The number of benzene rings is 1. The van der Waals surface area contributed by atoms with Crippen LogP contribution in [0.2, 0.25) is 0 Å². The molecule has 1 aromatic rings. The van der Waals surface area contributed by atoms with E-state index in [1.807, 2.05) is 24.3 Å². The summed E-state index contributed by atoms with van der Waals surface area (Å²) >= 11 is 0. The molecule has 1 heterocycles. The normalized spacial score (nSPS) is 17.2. The van der Waals surface area contributed by atoms with Gasteiger partial charge in [-0.2, -0.15) is 0 Å². The minimum absolute atomic E-state index is 0.302.